The molecule has 0 amide bonds. The molecule has 2 aliphatic carbocycles. The molecule has 0 N–H and O–H groups in total. The topological polar surface area (TPSA) is 0 Å². The second-order valence-electron chi connectivity index (χ2n) is 10.4. The standard InChI is InChI=1S/C21H25.C5H5.C3H4.Zr/c1-20(2,3)16-9-7-14-11-15-8-10-17(21(4,5)6)13-19(15)18(14)12-16;1-2-4-5-3-1;1-2-3-1;/h7-13H,1-6H3;1-3H,4H2;1-2H2;/q2*-1;;+2. The summed E-state index contributed by atoms with van der Waals surface area (Å²) >= 11 is 1.66. The van der Waals surface area contributed by atoms with E-state index in [0.29, 0.717) is 0 Å². The molecule has 3 aromatic rings. The third-order valence-corrected chi connectivity index (χ3v) is 6.75. The molecule has 0 nitrogen and oxygen atoms in total. The van der Waals surface area contributed by atoms with E-state index >= 15 is 0 Å². The Balaban J connectivity index is 0.000000233. The van der Waals surface area contributed by atoms with Crippen molar-refractivity contribution in [3.63, 3.8) is 0 Å². The van der Waals surface area contributed by atoms with Crippen molar-refractivity contribution in [3.8, 4) is 0 Å². The summed E-state index contributed by atoms with van der Waals surface area (Å²) in [6, 6.07) is 16.1. The average Bonchev–Trinajstić information content (AvgIpc) is 3.15. The molecule has 0 saturated heterocycles. The first-order valence-electron chi connectivity index (χ1n) is 11.0. The zero-order valence-electron chi connectivity index (χ0n) is 19.4. The van der Waals surface area contributed by atoms with Crippen LogP contribution in [0.25, 0.3) is 21.5 Å². The molecule has 0 spiro atoms. The number of benzene rings is 2. The van der Waals surface area contributed by atoms with E-state index in [4.69, 9.17) is 0 Å². The van der Waals surface area contributed by atoms with E-state index in [2.05, 4.69) is 96.2 Å². The molecule has 0 aliphatic heterocycles. The fourth-order valence-electron chi connectivity index (χ4n) is 3.33. The first-order valence-corrected chi connectivity index (χ1v) is 12.2. The molecule has 3 aromatic carbocycles. The number of hydrogen-bond donors (Lipinski definition) is 0. The van der Waals surface area contributed by atoms with E-state index in [9.17, 15) is 0 Å². The van der Waals surface area contributed by atoms with E-state index in [-0.39, 0.29) is 10.8 Å². The molecule has 0 bridgehead atoms. The minimum absolute atomic E-state index is 0.194. The van der Waals surface area contributed by atoms with Gasteiger partial charge in [0.25, 0.3) is 0 Å². The predicted molar refractivity (Wildman–Crippen MR) is 130 cm³/mol. The molecule has 1 fully saturated rings. The Kier molecular flexibility index (Phi) is 7.24. The number of fused-ring (bicyclic) bond motifs is 3. The Morgan fingerprint density at radius 2 is 1.27 bits per heavy atom. The minimum atomic E-state index is 0.194. The van der Waals surface area contributed by atoms with Gasteiger partial charge in [-0.25, -0.2) is 12.2 Å². The van der Waals surface area contributed by atoms with E-state index in [0.717, 1.165) is 6.42 Å². The van der Waals surface area contributed by atoms with E-state index < -0.39 is 0 Å². The first kappa shape index (κ1) is 23.2. The molecule has 0 atom stereocenters. The van der Waals surface area contributed by atoms with Gasteiger partial charge in [-0.05, 0) is 10.8 Å². The molecule has 0 heterocycles. The summed E-state index contributed by atoms with van der Waals surface area (Å²) in [5, 5.41) is 5.49. The zero-order valence-corrected chi connectivity index (χ0v) is 21.9. The van der Waals surface area contributed by atoms with Gasteiger partial charge in [0, 0.05) is 0 Å². The Bertz CT molecular complexity index is 1010. The molecule has 1 saturated carbocycles. The average molecular weight is 474 g/mol. The van der Waals surface area contributed by atoms with E-state index in [1.54, 1.807) is 27.4 Å². The van der Waals surface area contributed by atoms with Crippen LogP contribution in [0.4, 0.5) is 0 Å². The maximum absolute atomic E-state index is 2.99. The third kappa shape index (κ3) is 6.27. The Morgan fingerprint density at radius 1 is 0.800 bits per heavy atom. The van der Waals surface area contributed by atoms with Gasteiger partial charge in [0.2, 0.25) is 0 Å². The number of hydrogen-bond acceptors (Lipinski definition) is 0. The van der Waals surface area contributed by atoms with Crippen molar-refractivity contribution < 1.29 is 24.2 Å². The molecule has 0 unspecified atom stereocenters. The van der Waals surface area contributed by atoms with Crippen LogP contribution >= 0.6 is 0 Å². The summed E-state index contributed by atoms with van der Waals surface area (Å²) in [6.07, 6.45) is 12.9. The number of rotatable bonds is 0. The van der Waals surface area contributed by atoms with Crippen molar-refractivity contribution in [1.82, 2.24) is 0 Å². The Labute approximate surface area is 197 Å². The molecule has 1 heteroatoms. The van der Waals surface area contributed by atoms with E-state index in [1.165, 1.54) is 45.5 Å². The van der Waals surface area contributed by atoms with Crippen LogP contribution in [0.3, 0.4) is 0 Å². The van der Waals surface area contributed by atoms with Crippen LogP contribution in [-0.4, -0.2) is 3.21 Å². The monoisotopic (exact) mass is 472 g/mol. The van der Waals surface area contributed by atoms with Crippen LogP contribution in [-0.2, 0) is 35.1 Å². The van der Waals surface area contributed by atoms with E-state index in [1.807, 2.05) is 12.2 Å². The molecular weight excluding hydrogens is 440 g/mol. The first-order chi connectivity index (χ1) is 14.1. The molecular formula is C29H34Zr. The maximum atomic E-state index is 2.99. The normalized spacial score (nSPS) is 15.1. The van der Waals surface area contributed by atoms with Crippen LogP contribution in [0.15, 0.2) is 60.7 Å². The second kappa shape index (κ2) is 9.36. The van der Waals surface area contributed by atoms with Crippen molar-refractivity contribution in [2.75, 3.05) is 0 Å². The quantitative estimate of drug-likeness (QED) is 0.289. The van der Waals surface area contributed by atoms with Gasteiger partial charge >= 0.3 is 40.3 Å². The van der Waals surface area contributed by atoms with Gasteiger partial charge in [0.1, 0.15) is 0 Å². The molecule has 0 aromatic heterocycles. The fourth-order valence-corrected chi connectivity index (χ4v) is 3.64. The van der Waals surface area contributed by atoms with Crippen molar-refractivity contribution in [1.29, 1.82) is 0 Å². The van der Waals surface area contributed by atoms with Gasteiger partial charge in [-0.15, -0.1) is 46.2 Å². The number of allylic oxidation sites excluding steroid dienone is 4. The van der Waals surface area contributed by atoms with Crippen molar-refractivity contribution in [2.24, 2.45) is 0 Å². The summed E-state index contributed by atoms with van der Waals surface area (Å²) in [4.78, 5) is 0. The summed E-state index contributed by atoms with van der Waals surface area (Å²) in [5.74, 6) is 0. The molecule has 30 heavy (non-hydrogen) atoms. The van der Waals surface area contributed by atoms with Gasteiger partial charge in [0.05, 0.1) is 0 Å². The molecule has 2 aliphatic rings. The van der Waals surface area contributed by atoms with Crippen LogP contribution < -0.4 is 0 Å². The SMILES string of the molecule is CC(C)(C)c1ccc2[cH-]c3ccc(C(C)(C)C)cc3c2c1.[C-]1=CC=CC1.[Zr+2]=[C]1CC1. The van der Waals surface area contributed by atoms with Crippen LogP contribution in [0.5, 0.6) is 0 Å². The fraction of sp³-hybridized carbons (Fsp3) is 0.379. The van der Waals surface area contributed by atoms with Crippen LogP contribution in [0.1, 0.15) is 71.9 Å². The van der Waals surface area contributed by atoms with Gasteiger partial charge in [-0.1, -0.05) is 76.9 Å². The summed E-state index contributed by atoms with van der Waals surface area (Å²) in [5.41, 5.74) is 3.20. The second-order valence-corrected chi connectivity index (χ2v) is 12.1. The molecule has 0 radical (unpaired) electrons. The Hall–Kier alpha value is -1.46. The van der Waals surface area contributed by atoms with Gasteiger partial charge in [0.15, 0.2) is 0 Å². The van der Waals surface area contributed by atoms with Crippen molar-refractivity contribution in [2.45, 2.75) is 71.6 Å². The Morgan fingerprint density at radius 3 is 1.53 bits per heavy atom. The third-order valence-electron chi connectivity index (χ3n) is 5.53. The van der Waals surface area contributed by atoms with Crippen LogP contribution in [0, 0.1) is 6.08 Å². The predicted octanol–water partition coefficient (Wildman–Crippen LogP) is 8.11. The van der Waals surface area contributed by atoms with Crippen molar-refractivity contribution >= 4 is 24.8 Å². The summed E-state index contributed by atoms with van der Waals surface area (Å²) < 4.78 is 1.76. The molecule has 5 rings (SSSR count). The van der Waals surface area contributed by atoms with Gasteiger partial charge in [-0.2, -0.15) is 6.08 Å². The zero-order chi connectivity index (χ0) is 21.9. The van der Waals surface area contributed by atoms with Crippen LogP contribution in [0.2, 0.25) is 0 Å². The summed E-state index contributed by atoms with van der Waals surface area (Å²) in [6.45, 7) is 13.7. The summed E-state index contributed by atoms with van der Waals surface area (Å²) in [7, 11) is 0. The van der Waals surface area contributed by atoms with Gasteiger partial charge < -0.3 is 0 Å². The van der Waals surface area contributed by atoms with Crippen molar-refractivity contribution in [3.05, 3.63) is 77.9 Å². The molecule has 154 valence electrons. The van der Waals surface area contributed by atoms with Gasteiger partial charge in [-0.3, -0.25) is 6.08 Å².